The second-order valence-corrected chi connectivity index (χ2v) is 7.40. The van der Waals surface area contributed by atoms with E-state index in [2.05, 4.69) is 16.3 Å². The van der Waals surface area contributed by atoms with Crippen LogP contribution in [0.15, 0.2) is 53.9 Å². The van der Waals surface area contributed by atoms with Gasteiger partial charge in [0.15, 0.2) is 0 Å². The van der Waals surface area contributed by atoms with Gasteiger partial charge in [-0.25, -0.2) is 0 Å². The Balaban J connectivity index is 1.75. The van der Waals surface area contributed by atoms with E-state index in [1.54, 1.807) is 12.1 Å². The molecule has 2 aromatic carbocycles. The Morgan fingerprint density at radius 2 is 2.07 bits per heavy atom. The van der Waals surface area contributed by atoms with Gasteiger partial charge >= 0.3 is 0 Å². The number of ether oxygens (including phenoxy) is 2. The third-order valence-corrected chi connectivity index (χ3v) is 5.34. The van der Waals surface area contributed by atoms with Gasteiger partial charge in [-0.15, -0.1) is 5.10 Å². The molecule has 0 unspecified atom stereocenters. The Hall–Kier alpha value is -3.14. The van der Waals surface area contributed by atoms with Crippen molar-refractivity contribution >= 4 is 23.2 Å². The fourth-order valence-corrected chi connectivity index (χ4v) is 3.82. The number of aromatic nitrogens is 2. The van der Waals surface area contributed by atoms with E-state index < -0.39 is 5.92 Å². The maximum absolute atomic E-state index is 9.74. The van der Waals surface area contributed by atoms with Crippen LogP contribution in [-0.2, 0) is 6.61 Å². The normalized spacial score (nSPS) is 15.4. The van der Waals surface area contributed by atoms with Crippen molar-refractivity contribution in [2.45, 2.75) is 19.4 Å². The molecule has 2 heterocycles. The second kappa shape index (κ2) is 7.70. The zero-order chi connectivity index (χ0) is 20.5. The molecular weight excluding hydrogens is 411 g/mol. The Morgan fingerprint density at radius 1 is 1.28 bits per heavy atom. The van der Waals surface area contributed by atoms with Crippen LogP contribution in [0.1, 0.15) is 28.3 Å². The molecule has 3 N–H and O–H groups in total. The minimum atomic E-state index is -0.459. The number of para-hydroxylation sites is 1. The minimum Gasteiger partial charge on any atom is -0.489 e. The molecule has 1 aliphatic rings. The molecule has 0 bridgehead atoms. The first-order chi connectivity index (χ1) is 14.0. The van der Waals surface area contributed by atoms with Gasteiger partial charge in [0.1, 0.15) is 24.0 Å². The average molecular weight is 427 g/mol. The molecule has 0 aliphatic carbocycles. The topological polar surface area (TPSA) is 97.0 Å². The molecule has 0 saturated heterocycles. The molecule has 6 nitrogen and oxygen atoms in total. The molecule has 3 aromatic rings. The van der Waals surface area contributed by atoms with Gasteiger partial charge < -0.3 is 15.2 Å². The number of halogens is 2. The summed E-state index contributed by atoms with van der Waals surface area (Å²) in [6, 6.07) is 14.9. The number of rotatable bonds is 4. The number of nitrogens with one attached hydrogen (secondary N) is 1. The summed E-state index contributed by atoms with van der Waals surface area (Å²) in [5.74, 6) is 0.545. The molecule has 0 radical (unpaired) electrons. The van der Waals surface area contributed by atoms with Crippen LogP contribution in [0.3, 0.4) is 0 Å². The number of aromatic amines is 1. The first-order valence-electron chi connectivity index (χ1n) is 8.77. The summed E-state index contributed by atoms with van der Waals surface area (Å²) >= 11 is 12.2. The maximum Gasteiger partial charge on any atom is 0.244 e. The fraction of sp³-hybridized carbons (Fsp3) is 0.143. The summed E-state index contributed by atoms with van der Waals surface area (Å²) < 4.78 is 11.6. The van der Waals surface area contributed by atoms with Crippen LogP contribution in [0.25, 0.3) is 0 Å². The van der Waals surface area contributed by atoms with Crippen LogP contribution in [0, 0.1) is 18.3 Å². The van der Waals surface area contributed by atoms with Gasteiger partial charge in [0.25, 0.3) is 0 Å². The SMILES string of the molecule is Cc1[nH]nc2c1[C@@H](c1ccccc1OCc1ccc(Cl)cc1Cl)C(C#N)=C(N)O2. The van der Waals surface area contributed by atoms with Crippen LogP contribution in [0.5, 0.6) is 11.6 Å². The lowest BCUT2D eigenvalue weighted by molar-refractivity contribution is 0.301. The predicted molar refractivity (Wildman–Crippen MR) is 110 cm³/mol. The molecule has 0 amide bonds. The molecule has 0 fully saturated rings. The van der Waals surface area contributed by atoms with Crippen molar-refractivity contribution in [1.82, 2.24) is 10.2 Å². The standard InChI is InChI=1S/C21H16Cl2N4O2/c1-11-18-19(15(9-24)20(25)29-21(18)27-26-11)14-4-2-3-5-17(14)28-10-12-6-7-13(22)8-16(12)23/h2-8,19H,10,25H2,1H3,(H,26,27)/t19-/m0/s1. The number of benzene rings is 2. The molecule has 4 rings (SSSR count). The maximum atomic E-state index is 9.74. The summed E-state index contributed by atoms with van der Waals surface area (Å²) in [6.45, 7) is 2.12. The Morgan fingerprint density at radius 3 is 2.83 bits per heavy atom. The number of nitrogens with two attached hydrogens (primary N) is 1. The van der Waals surface area contributed by atoms with Gasteiger partial charge in [-0.3, -0.25) is 5.10 Å². The van der Waals surface area contributed by atoms with Crippen molar-refractivity contribution in [3.63, 3.8) is 0 Å². The Labute approximate surface area is 177 Å². The van der Waals surface area contributed by atoms with Crippen molar-refractivity contribution in [1.29, 1.82) is 5.26 Å². The lowest BCUT2D eigenvalue weighted by Crippen LogP contribution is -2.21. The summed E-state index contributed by atoms with van der Waals surface area (Å²) in [4.78, 5) is 0. The zero-order valence-electron chi connectivity index (χ0n) is 15.4. The number of allylic oxidation sites excluding steroid dienone is 1. The first-order valence-corrected chi connectivity index (χ1v) is 9.53. The highest BCUT2D eigenvalue weighted by Gasteiger charge is 2.35. The lowest BCUT2D eigenvalue weighted by atomic mass is 9.83. The van der Waals surface area contributed by atoms with Crippen LogP contribution in [0.2, 0.25) is 10.0 Å². The summed E-state index contributed by atoms with van der Waals surface area (Å²) in [5.41, 5.74) is 9.44. The highest BCUT2D eigenvalue weighted by molar-refractivity contribution is 6.35. The zero-order valence-corrected chi connectivity index (χ0v) is 16.9. The monoisotopic (exact) mass is 426 g/mol. The molecule has 146 valence electrons. The van der Waals surface area contributed by atoms with Gasteiger partial charge in [0, 0.05) is 32.4 Å². The summed E-state index contributed by atoms with van der Waals surface area (Å²) in [5, 5.41) is 17.9. The third-order valence-electron chi connectivity index (χ3n) is 4.76. The average Bonchev–Trinajstić information content (AvgIpc) is 3.07. The summed E-state index contributed by atoms with van der Waals surface area (Å²) in [6.07, 6.45) is 0. The highest BCUT2D eigenvalue weighted by Crippen LogP contribution is 2.45. The molecule has 8 heteroatoms. The van der Waals surface area contributed by atoms with E-state index in [-0.39, 0.29) is 12.5 Å². The minimum absolute atomic E-state index is 0.0343. The van der Waals surface area contributed by atoms with Crippen molar-refractivity contribution < 1.29 is 9.47 Å². The van der Waals surface area contributed by atoms with E-state index in [1.807, 2.05) is 37.3 Å². The van der Waals surface area contributed by atoms with E-state index in [4.69, 9.17) is 38.4 Å². The van der Waals surface area contributed by atoms with Gasteiger partial charge in [-0.2, -0.15) is 5.26 Å². The number of nitriles is 1. The molecule has 0 saturated carbocycles. The molecule has 1 aliphatic heterocycles. The van der Waals surface area contributed by atoms with Crippen molar-refractivity contribution in [3.05, 3.63) is 86.4 Å². The molecular formula is C21H16Cl2N4O2. The molecule has 1 atom stereocenters. The summed E-state index contributed by atoms with van der Waals surface area (Å²) in [7, 11) is 0. The largest absolute Gasteiger partial charge is 0.489 e. The van der Waals surface area contributed by atoms with E-state index in [9.17, 15) is 5.26 Å². The van der Waals surface area contributed by atoms with Gasteiger partial charge in [-0.1, -0.05) is 47.5 Å². The number of H-pyrrole nitrogens is 1. The number of hydrogen-bond donors (Lipinski definition) is 2. The van der Waals surface area contributed by atoms with Crippen LogP contribution >= 0.6 is 23.2 Å². The number of nitrogens with zero attached hydrogens (tertiary/aromatic N) is 2. The number of fused-ring (bicyclic) bond motifs is 1. The lowest BCUT2D eigenvalue weighted by Gasteiger charge is -2.25. The third kappa shape index (κ3) is 3.51. The predicted octanol–water partition coefficient (Wildman–Crippen LogP) is 4.82. The van der Waals surface area contributed by atoms with E-state index in [0.717, 1.165) is 22.4 Å². The molecule has 0 spiro atoms. The molecule has 29 heavy (non-hydrogen) atoms. The fourth-order valence-electron chi connectivity index (χ4n) is 3.35. The molecule has 1 aromatic heterocycles. The Bertz CT molecular complexity index is 1160. The smallest absolute Gasteiger partial charge is 0.244 e. The highest BCUT2D eigenvalue weighted by atomic mass is 35.5. The number of aryl methyl sites for hydroxylation is 1. The van der Waals surface area contributed by atoms with Crippen molar-refractivity contribution in [3.8, 4) is 17.7 Å². The van der Waals surface area contributed by atoms with Crippen LogP contribution in [-0.4, -0.2) is 10.2 Å². The van der Waals surface area contributed by atoms with Gasteiger partial charge in [-0.05, 0) is 25.1 Å². The van der Waals surface area contributed by atoms with E-state index in [1.165, 1.54) is 0 Å². The Kier molecular flexibility index (Phi) is 5.10. The second-order valence-electron chi connectivity index (χ2n) is 6.55. The van der Waals surface area contributed by atoms with Gasteiger partial charge in [0.2, 0.25) is 11.8 Å². The quantitative estimate of drug-likeness (QED) is 0.622. The van der Waals surface area contributed by atoms with Crippen molar-refractivity contribution in [2.24, 2.45) is 5.73 Å². The van der Waals surface area contributed by atoms with Crippen LogP contribution in [0.4, 0.5) is 0 Å². The van der Waals surface area contributed by atoms with Crippen molar-refractivity contribution in [2.75, 3.05) is 0 Å². The first kappa shape index (κ1) is 19.2. The van der Waals surface area contributed by atoms with E-state index in [0.29, 0.717) is 27.2 Å². The van der Waals surface area contributed by atoms with E-state index >= 15 is 0 Å². The van der Waals surface area contributed by atoms with Gasteiger partial charge in [0.05, 0.1) is 5.92 Å². The number of hydrogen-bond acceptors (Lipinski definition) is 5. The van der Waals surface area contributed by atoms with Crippen LogP contribution < -0.4 is 15.2 Å².